The first-order valence-corrected chi connectivity index (χ1v) is 8.20. The van der Waals surface area contributed by atoms with Crippen LogP contribution in [0.1, 0.15) is 36.0 Å². The highest BCUT2D eigenvalue weighted by Crippen LogP contribution is 2.29. The van der Waals surface area contributed by atoms with Gasteiger partial charge in [-0.05, 0) is 59.8 Å². The van der Waals surface area contributed by atoms with Crippen LogP contribution >= 0.6 is 27.5 Å². The van der Waals surface area contributed by atoms with Gasteiger partial charge in [0.15, 0.2) is 0 Å². The zero-order valence-electron chi connectivity index (χ0n) is 11.6. The van der Waals surface area contributed by atoms with Crippen LogP contribution in [-0.4, -0.2) is 36.4 Å². The minimum absolute atomic E-state index is 0.0607. The summed E-state index contributed by atoms with van der Waals surface area (Å²) < 4.78 is 6.01. The molecule has 1 aliphatic carbocycles. The molecule has 1 saturated carbocycles. The normalized spacial score (nSPS) is 14.8. The number of carbonyl (C=O) groups is 1. The van der Waals surface area contributed by atoms with E-state index in [0.717, 1.165) is 30.3 Å². The van der Waals surface area contributed by atoms with Gasteiger partial charge in [0, 0.05) is 22.9 Å². The third-order valence-electron chi connectivity index (χ3n) is 3.71. The minimum atomic E-state index is 0.0607. The van der Waals surface area contributed by atoms with E-state index in [2.05, 4.69) is 15.9 Å². The Kier molecular flexibility index (Phi) is 5.73. The Hall–Kier alpha value is -0.740. The van der Waals surface area contributed by atoms with Gasteiger partial charge in [-0.25, -0.2) is 0 Å². The molecule has 0 atom stereocenters. The summed E-state index contributed by atoms with van der Waals surface area (Å²) in [6.07, 6.45) is 4.21. The molecule has 0 radical (unpaired) electrons. The van der Waals surface area contributed by atoms with Crippen molar-refractivity contribution in [3.05, 3.63) is 28.2 Å². The van der Waals surface area contributed by atoms with Crippen LogP contribution in [0, 0.1) is 0 Å². The number of benzene rings is 1. The molecule has 0 aliphatic heterocycles. The van der Waals surface area contributed by atoms with Gasteiger partial charge in [0.05, 0.1) is 12.7 Å². The fourth-order valence-electron chi connectivity index (χ4n) is 2.33. The van der Waals surface area contributed by atoms with E-state index in [-0.39, 0.29) is 5.91 Å². The quantitative estimate of drug-likeness (QED) is 0.715. The predicted molar refractivity (Wildman–Crippen MR) is 84.7 cm³/mol. The highest BCUT2D eigenvalue weighted by atomic mass is 79.9. The molecule has 0 bridgehead atoms. The Morgan fingerprint density at radius 2 is 2.25 bits per heavy atom. The van der Waals surface area contributed by atoms with Gasteiger partial charge in [-0.3, -0.25) is 4.79 Å². The van der Waals surface area contributed by atoms with Gasteiger partial charge in [0.2, 0.25) is 0 Å². The molecular formula is C15H19BrClNO2. The molecule has 0 aromatic heterocycles. The van der Waals surface area contributed by atoms with Crippen molar-refractivity contribution in [2.75, 3.05) is 19.5 Å². The smallest absolute Gasteiger partial charge is 0.255 e. The van der Waals surface area contributed by atoms with Gasteiger partial charge < -0.3 is 9.64 Å². The molecule has 0 N–H and O–H groups in total. The fraction of sp³-hybridized carbons (Fsp3) is 0.533. The first-order valence-electron chi connectivity index (χ1n) is 6.88. The number of hydrogen-bond donors (Lipinski definition) is 0. The van der Waals surface area contributed by atoms with E-state index in [1.807, 2.05) is 17.0 Å². The Morgan fingerprint density at radius 3 is 2.80 bits per heavy atom. The van der Waals surface area contributed by atoms with Crippen LogP contribution in [0.2, 0.25) is 0 Å². The van der Waals surface area contributed by atoms with Gasteiger partial charge in [0.25, 0.3) is 5.91 Å². The van der Waals surface area contributed by atoms with Crippen molar-refractivity contribution < 1.29 is 9.53 Å². The third-order valence-corrected chi connectivity index (χ3v) is 4.67. The SMILES string of the molecule is COc1ccc(Br)c(C(=O)N(CCCCl)C2CCC2)c1. The van der Waals surface area contributed by atoms with Gasteiger partial charge in [-0.2, -0.15) is 0 Å². The Labute approximate surface area is 133 Å². The zero-order valence-corrected chi connectivity index (χ0v) is 13.9. The Bertz CT molecular complexity index is 477. The van der Waals surface area contributed by atoms with Crippen LogP contribution in [-0.2, 0) is 0 Å². The van der Waals surface area contributed by atoms with Gasteiger partial charge >= 0.3 is 0 Å². The summed E-state index contributed by atoms with van der Waals surface area (Å²) in [6.45, 7) is 0.719. The van der Waals surface area contributed by atoms with Crippen molar-refractivity contribution in [2.24, 2.45) is 0 Å². The second kappa shape index (κ2) is 7.32. The molecule has 0 saturated heterocycles. The van der Waals surface area contributed by atoms with E-state index in [1.54, 1.807) is 13.2 Å². The number of alkyl halides is 1. The number of rotatable bonds is 6. The highest BCUT2D eigenvalue weighted by Gasteiger charge is 2.29. The molecule has 1 aromatic rings. The average molecular weight is 361 g/mol. The highest BCUT2D eigenvalue weighted by molar-refractivity contribution is 9.10. The summed E-state index contributed by atoms with van der Waals surface area (Å²) in [5.74, 6) is 1.34. The topological polar surface area (TPSA) is 29.5 Å². The van der Waals surface area contributed by atoms with E-state index >= 15 is 0 Å². The van der Waals surface area contributed by atoms with Crippen molar-refractivity contribution in [3.8, 4) is 5.75 Å². The van der Waals surface area contributed by atoms with E-state index in [9.17, 15) is 4.79 Å². The van der Waals surface area contributed by atoms with Crippen molar-refractivity contribution in [2.45, 2.75) is 31.7 Å². The lowest BCUT2D eigenvalue weighted by Crippen LogP contribution is -2.45. The zero-order chi connectivity index (χ0) is 14.5. The third kappa shape index (κ3) is 3.47. The second-order valence-corrected chi connectivity index (χ2v) is 6.20. The second-order valence-electron chi connectivity index (χ2n) is 4.97. The molecule has 0 spiro atoms. The van der Waals surface area contributed by atoms with Crippen LogP contribution in [0.25, 0.3) is 0 Å². The molecule has 20 heavy (non-hydrogen) atoms. The lowest BCUT2D eigenvalue weighted by Gasteiger charge is -2.37. The maximum atomic E-state index is 12.8. The molecule has 2 rings (SSSR count). The fourth-order valence-corrected chi connectivity index (χ4v) is 2.86. The molecule has 5 heteroatoms. The van der Waals surface area contributed by atoms with Crippen molar-refractivity contribution >= 4 is 33.4 Å². The predicted octanol–water partition coefficient (Wildman–Crippen LogP) is 4.08. The maximum Gasteiger partial charge on any atom is 0.255 e. The maximum absolute atomic E-state index is 12.8. The molecule has 1 amide bonds. The number of hydrogen-bond acceptors (Lipinski definition) is 2. The number of nitrogens with zero attached hydrogens (tertiary/aromatic N) is 1. The summed E-state index contributed by atoms with van der Waals surface area (Å²) in [7, 11) is 1.61. The van der Waals surface area contributed by atoms with Crippen LogP contribution in [0.15, 0.2) is 22.7 Å². The lowest BCUT2D eigenvalue weighted by molar-refractivity contribution is 0.0579. The number of carbonyl (C=O) groups excluding carboxylic acids is 1. The Morgan fingerprint density at radius 1 is 1.50 bits per heavy atom. The van der Waals surface area contributed by atoms with E-state index in [1.165, 1.54) is 6.42 Å². The summed E-state index contributed by atoms with van der Waals surface area (Å²) in [5.41, 5.74) is 0.658. The molecule has 0 heterocycles. The minimum Gasteiger partial charge on any atom is -0.497 e. The summed E-state index contributed by atoms with van der Waals surface area (Å²) in [6, 6.07) is 5.85. The van der Waals surface area contributed by atoms with E-state index in [4.69, 9.17) is 16.3 Å². The van der Waals surface area contributed by atoms with Gasteiger partial charge in [-0.15, -0.1) is 11.6 Å². The largest absolute Gasteiger partial charge is 0.497 e. The number of methoxy groups -OCH3 is 1. The van der Waals surface area contributed by atoms with Crippen LogP contribution in [0.3, 0.4) is 0 Å². The van der Waals surface area contributed by atoms with Gasteiger partial charge in [0.1, 0.15) is 5.75 Å². The standard InChI is InChI=1S/C15H19BrClNO2/c1-20-12-6-7-14(16)13(10-12)15(19)18(9-3-8-17)11-4-2-5-11/h6-7,10-11H,2-5,8-9H2,1H3. The number of ether oxygens (including phenoxy) is 1. The molecular weight excluding hydrogens is 342 g/mol. The summed E-state index contributed by atoms with van der Waals surface area (Å²) >= 11 is 9.23. The van der Waals surface area contributed by atoms with E-state index in [0.29, 0.717) is 23.2 Å². The first-order chi connectivity index (χ1) is 9.67. The molecule has 1 fully saturated rings. The number of halogens is 2. The Balaban J connectivity index is 2.21. The van der Waals surface area contributed by atoms with Crippen molar-refractivity contribution in [1.29, 1.82) is 0 Å². The average Bonchev–Trinajstić information content (AvgIpc) is 2.41. The molecule has 1 aromatic carbocycles. The monoisotopic (exact) mass is 359 g/mol. The van der Waals surface area contributed by atoms with Crippen molar-refractivity contribution in [1.82, 2.24) is 4.90 Å². The summed E-state index contributed by atoms with van der Waals surface area (Å²) in [5, 5.41) is 0. The van der Waals surface area contributed by atoms with Crippen LogP contribution < -0.4 is 4.74 Å². The molecule has 1 aliphatic rings. The van der Waals surface area contributed by atoms with Gasteiger partial charge in [-0.1, -0.05) is 0 Å². The molecule has 3 nitrogen and oxygen atoms in total. The molecule has 110 valence electrons. The van der Waals surface area contributed by atoms with E-state index < -0.39 is 0 Å². The lowest BCUT2D eigenvalue weighted by atomic mass is 9.90. The number of amides is 1. The van der Waals surface area contributed by atoms with Crippen LogP contribution in [0.4, 0.5) is 0 Å². The summed E-state index contributed by atoms with van der Waals surface area (Å²) in [4.78, 5) is 14.7. The first kappa shape index (κ1) is 15.6. The van der Waals surface area contributed by atoms with Crippen molar-refractivity contribution in [3.63, 3.8) is 0 Å². The molecule has 0 unspecified atom stereocenters. The van der Waals surface area contributed by atoms with Crippen LogP contribution in [0.5, 0.6) is 5.75 Å².